The molecule has 3 rings (SSSR count). The Morgan fingerprint density at radius 1 is 1.12 bits per heavy atom. The molecule has 1 amide bonds. The Hall–Kier alpha value is -2.53. The largest absolute Gasteiger partial charge is 0.493 e. The molecule has 0 spiro atoms. The van der Waals surface area contributed by atoms with Gasteiger partial charge in [0.25, 0.3) is 0 Å². The average Bonchev–Trinajstić information content (AvgIpc) is 2.72. The standard InChI is InChI=1S/C21H26N2O3/c1-25-20-13-17(14-23-21(24)18-9-5-6-12-22-18)10-11-19(20)26-15-16-7-3-2-4-8-16/h2-4,7-8,10-11,13,18,22H,5-6,9,12,14-15H2,1H3,(H,23,24). The molecule has 0 aromatic heterocycles. The summed E-state index contributed by atoms with van der Waals surface area (Å²) in [5.74, 6) is 1.43. The summed E-state index contributed by atoms with van der Waals surface area (Å²) in [7, 11) is 1.62. The molecule has 5 nitrogen and oxygen atoms in total. The second-order valence-electron chi connectivity index (χ2n) is 6.48. The number of carbonyl (C=O) groups is 1. The molecule has 2 aromatic carbocycles. The van der Waals surface area contributed by atoms with Crippen molar-refractivity contribution in [2.45, 2.75) is 38.5 Å². The van der Waals surface area contributed by atoms with Gasteiger partial charge in [0.15, 0.2) is 11.5 Å². The second kappa shape index (κ2) is 9.25. The number of piperidine rings is 1. The lowest BCUT2D eigenvalue weighted by Gasteiger charge is -2.22. The summed E-state index contributed by atoms with van der Waals surface area (Å²) in [4.78, 5) is 12.2. The highest BCUT2D eigenvalue weighted by Gasteiger charge is 2.20. The lowest BCUT2D eigenvalue weighted by molar-refractivity contribution is -0.123. The van der Waals surface area contributed by atoms with Crippen molar-refractivity contribution in [2.75, 3.05) is 13.7 Å². The first kappa shape index (κ1) is 18.3. The minimum absolute atomic E-state index is 0.0630. The summed E-state index contributed by atoms with van der Waals surface area (Å²) in [6, 6.07) is 15.7. The third-order valence-corrected chi connectivity index (χ3v) is 4.56. The van der Waals surface area contributed by atoms with Gasteiger partial charge in [0.1, 0.15) is 6.61 Å². The van der Waals surface area contributed by atoms with Crippen molar-refractivity contribution in [2.24, 2.45) is 0 Å². The molecule has 2 N–H and O–H groups in total. The van der Waals surface area contributed by atoms with Crippen molar-refractivity contribution in [1.29, 1.82) is 0 Å². The quantitative estimate of drug-likeness (QED) is 0.802. The third kappa shape index (κ3) is 4.99. The van der Waals surface area contributed by atoms with Crippen LogP contribution in [-0.2, 0) is 17.9 Å². The zero-order valence-corrected chi connectivity index (χ0v) is 15.2. The fourth-order valence-electron chi connectivity index (χ4n) is 3.06. The van der Waals surface area contributed by atoms with Crippen LogP contribution in [0.1, 0.15) is 30.4 Å². The Morgan fingerprint density at radius 3 is 2.69 bits per heavy atom. The Bertz CT molecular complexity index is 712. The molecular formula is C21H26N2O3. The van der Waals surface area contributed by atoms with Crippen molar-refractivity contribution >= 4 is 5.91 Å². The van der Waals surface area contributed by atoms with E-state index in [2.05, 4.69) is 10.6 Å². The van der Waals surface area contributed by atoms with Gasteiger partial charge >= 0.3 is 0 Å². The van der Waals surface area contributed by atoms with Crippen LogP contribution >= 0.6 is 0 Å². The molecule has 0 saturated carbocycles. The van der Waals surface area contributed by atoms with Gasteiger partial charge in [-0.2, -0.15) is 0 Å². The van der Waals surface area contributed by atoms with E-state index in [4.69, 9.17) is 9.47 Å². The molecule has 5 heteroatoms. The van der Waals surface area contributed by atoms with Gasteiger partial charge in [-0.15, -0.1) is 0 Å². The molecule has 0 bridgehead atoms. The molecule has 1 heterocycles. The number of hydrogen-bond acceptors (Lipinski definition) is 4. The van der Waals surface area contributed by atoms with E-state index >= 15 is 0 Å². The van der Waals surface area contributed by atoms with Crippen LogP contribution in [0.5, 0.6) is 11.5 Å². The number of carbonyl (C=O) groups excluding carboxylic acids is 1. The average molecular weight is 354 g/mol. The maximum absolute atomic E-state index is 12.2. The zero-order valence-electron chi connectivity index (χ0n) is 15.2. The van der Waals surface area contributed by atoms with Crippen LogP contribution < -0.4 is 20.1 Å². The van der Waals surface area contributed by atoms with Crippen molar-refractivity contribution in [1.82, 2.24) is 10.6 Å². The van der Waals surface area contributed by atoms with E-state index in [1.165, 1.54) is 0 Å². The van der Waals surface area contributed by atoms with Crippen molar-refractivity contribution < 1.29 is 14.3 Å². The van der Waals surface area contributed by atoms with Crippen LogP contribution in [0.15, 0.2) is 48.5 Å². The van der Waals surface area contributed by atoms with Crippen LogP contribution in [0.2, 0.25) is 0 Å². The second-order valence-corrected chi connectivity index (χ2v) is 6.48. The fourth-order valence-corrected chi connectivity index (χ4v) is 3.06. The van der Waals surface area contributed by atoms with Crippen LogP contribution in [0.4, 0.5) is 0 Å². The van der Waals surface area contributed by atoms with Crippen LogP contribution in [0.25, 0.3) is 0 Å². The molecule has 26 heavy (non-hydrogen) atoms. The lowest BCUT2D eigenvalue weighted by Crippen LogP contribution is -2.46. The first-order chi connectivity index (χ1) is 12.8. The Morgan fingerprint density at radius 2 is 1.96 bits per heavy atom. The number of nitrogens with one attached hydrogen (secondary N) is 2. The van der Waals surface area contributed by atoms with Crippen molar-refractivity contribution in [3.05, 3.63) is 59.7 Å². The maximum Gasteiger partial charge on any atom is 0.237 e. The molecule has 1 atom stereocenters. The lowest BCUT2D eigenvalue weighted by atomic mass is 10.0. The highest BCUT2D eigenvalue weighted by molar-refractivity contribution is 5.81. The predicted octanol–water partition coefficient (Wildman–Crippen LogP) is 3.03. The third-order valence-electron chi connectivity index (χ3n) is 4.56. The molecule has 0 radical (unpaired) electrons. The van der Waals surface area contributed by atoms with E-state index in [-0.39, 0.29) is 11.9 Å². The monoisotopic (exact) mass is 354 g/mol. The number of hydrogen-bond donors (Lipinski definition) is 2. The fraction of sp³-hybridized carbons (Fsp3) is 0.381. The first-order valence-corrected chi connectivity index (χ1v) is 9.11. The maximum atomic E-state index is 12.2. The minimum Gasteiger partial charge on any atom is -0.493 e. The summed E-state index contributed by atoms with van der Waals surface area (Å²) in [5.41, 5.74) is 2.09. The smallest absolute Gasteiger partial charge is 0.237 e. The van der Waals surface area contributed by atoms with Gasteiger partial charge in [0.2, 0.25) is 5.91 Å². The SMILES string of the molecule is COc1cc(CNC(=O)C2CCCCN2)ccc1OCc1ccccc1. The molecule has 138 valence electrons. The first-order valence-electron chi connectivity index (χ1n) is 9.11. The van der Waals surface area contributed by atoms with E-state index in [0.717, 1.165) is 36.9 Å². The number of benzene rings is 2. The number of ether oxygens (including phenoxy) is 2. The molecular weight excluding hydrogens is 328 g/mol. The van der Waals surface area contributed by atoms with Gasteiger partial charge in [-0.1, -0.05) is 42.8 Å². The van der Waals surface area contributed by atoms with Gasteiger partial charge in [-0.3, -0.25) is 4.79 Å². The Kier molecular flexibility index (Phi) is 6.50. The number of amides is 1. The summed E-state index contributed by atoms with van der Waals surface area (Å²) in [6.45, 7) is 1.88. The van der Waals surface area contributed by atoms with E-state index in [9.17, 15) is 4.79 Å². The highest BCUT2D eigenvalue weighted by atomic mass is 16.5. The number of methoxy groups -OCH3 is 1. The summed E-state index contributed by atoms with van der Waals surface area (Å²) in [5, 5.41) is 6.26. The summed E-state index contributed by atoms with van der Waals surface area (Å²) < 4.78 is 11.3. The van der Waals surface area contributed by atoms with Gasteiger partial charge in [-0.05, 0) is 42.6 Å². The molecule has 1 unspecified atom stereocenters. The van der Waals surface area contributed by atoms with Gasteiger partial charge in [-0.25, -0.2) is 0 Å². The van der Waals surface area contributed by atoms with Gasteiger partial charge in [0, 0.05) is 6.54 Å². The van der Waals surface area contributed by atoms with Gasteiger partial charge < -0.3 is 20.1 Å². The summed E-state index contributed by atoms with van der Waals surface area (Å²) >= 11 is 0. The molecule has 1 saturated heterocycles. The van der Waals surface area contributed by atoms with Crippen LogP contribution in [0, 0.1) is 0 Å². The van der Waals surface area contributed by atoms with E-state index < -0.39 is 0 Å². The molecule has 2 aromatic rings. The number of rotatable bonds is 7. The highest BCUT2D eigenvalue weighted by Crippen LogP contribution is 2.28. The van der Waals surface area contributed by atoms with Crippen LogP contribution in [0.3, 0.4) is 0 Å². The van der Waals surface area contributed by atoms with E-state index in [0.29, 0.717) is 24.7 Å². The minimum atomic E-state index is -0.0703. The topological polar surface area (TPSA) is 59.6 Å². The van der Waals surface area contributed by atoms with Crippen LogP contribution in [-0.4, -0.2) is 25.6 Å². The molecule has 1 aliphatic rings. The normalized spacial score (nSPS) is 16.7. The molecule has 1 aliphatic heterocycles. The van der Waals surface area contributed by atoms with Crippen molar-refractivity contribution in [3.8, 4) is 11.5 Å². The van der Waals surface area contributed by atoms with E-state index in [1.807, 2.05) is 48.5 Å². The van der Waals surface area contributed by atoms with Crippen molar-refractivity contribution in [3.63, 3.8) is 0 Å². The van der Waals surface area contributed by atoms with E-state index in [1.54, 1.807) is 7.11 Å². The van der Waals surface area contributed by atoms with Gasteiger partial charge in [0.05, 0.1) is 13.2 Å². The zero-order chi connectivity index (χ0) is 18.2. The Labute approximate surface area is 154 Å². The molecule has 1 fully saturated rings. The molecule has 0 aliphatic carbocycles. The predicted molar refractivity (Wildman–Crippen MR) is 101 cm³/mol. The Balaban J connectivity index is 1.56. The summed E-state index contributed by atoms with van der Waals surface area (Å²) in [6.07, 6.45) is 3.15.